The normalized spacial score (nSPS) is 12.7. The van der Waals surface area contributed by atoms with Crippen LogP contribution in [0.3, 0.4) is 0 Å². The Labute approximate surface area is 818 Å². The fraction of sp³-hybridized carbons (Fsp3) is 0.417. The highest BCUT2D eigenvalue weighted by Crippen LogP contribution is 2.42. The Morgan fingerprint density at radius 2 is 0.616 bits per heavy atom. The molecule has 5 atom stereocenters. The fourth-order valence-corrected chi connectivity index (χ4v) is 17.5. The minimum absolute atomic E-state index is 0.0924. The number of pyridine rings is 10. The van der Waals surface area contributed by atoms with E-state index in [1.54, 1.807) is 71.1 Å². The van der Waals surface area contributed by atoms with E-state index in [1.165, 1.54) is 6.21 Å². The van der Waals surface area contributed by atoms with E-state index >= 15 is 0 Å². The van der Waals surface area contributed by atoms with E-state index in [-0.39, 0.29) is 30.2 Å². The van der Waals surface area contributed by atoms with E-state index < -0.39 is 0 Å². The maximum absolute atomic E-state index is 11.7. The summed E-state index contributed by atoms with van der Waals surface area (Å²) >= 11 is 3.66. The molecule has 0 radical (unpaired) electrons. The summed E-state index contributed by atoms with van der Waals surface area (Å²) in [4.78, 5) is 59.4. The van der Waals surface area contributed by atoms with Crippen LogP contribution in [0.15, 0.2) is 138 Å². The zero-order valence-corrected chi connectivity index (χ0v) is 87.1. The highest BCUT2D eigenvalue weighted by molar-refractivity contribution is 9.10. The molecule has 0 saturated heterocycles. The summed E-state index contributed by atoms with van der Waals surface area (Å²) in [5.74, 6) is 4.48. The number of aldehydes is 1. The molecule has 0 amide bonds. The Morgan fingerprint density at radius 1 is 0.348 bits per heavy atom. The monoisotopic (exact) mass is 1940 g/mol. The molecule has 0 fully saturated rings. The average molecular weight is 1940 g/mol. The first-order valence-corrected chi connectivity index (χ1v) is 47.3. The van der Waals surface area contributed by atoms with Crippen LogP contribution in [0.4, 0.5) is 0 Å². The Bertz CT molecular complexity index is 6860. The summed E-state index contributed by atoms with van der Waals surface area (Å²) in [5.41, 5.74) is 29.4. The molecule has 0 bridgehead atoms. The minimum atomic E-state index is 0.0924. The van der Waals surface area contributed by atoms with E-state index in [9.17, 15) is 10.1 Å². The van der Waals surface area contributed by atoms with Crippen molar-refractivity contribution in [1.82, 2.24) is 72.7 Å². The van der Waals surface area contributed by atoms with Gasteiger partial charge in [0.1, 0.15) is 17.1 Å². The van der Waals surface area contributed by atoms with Gasteiger partial charge >= 0.3 is 0 Å². The second-order valence-corrected chi connectivity index (χ2v) is 37.3. The van der Waals surface area contributed by atoms with Gasteiger partial charge in [0, 0.05) is 101 Å². The van der Waals surface area contributed by atoms with Crippen molar-refractivity contribution >= 4 is 83.6 Å². The third-order valence-corrected chi connectivity index (χ3v) is 24.9. The van der Waals surface area contributed by atoms with Gasteiger partial charge in [-0.2, -0.15) is 5.26 Å². The van der Waals surface area contributed by atoms with Gasteiger partial charge < -0.3 is 75.4 Å². The van der Waals surface area contributed by atoms with Crippen LogP contribution in [0.25, 0.3) is 111 Å². The lowest BCUT2D eigenvalue weighted by molar-refractivity contribution is 0.112. The number of nitrogens with zero attached hydrogens (tertiary/aromatic N) is 17. The molecule has 0 aliphatic rings. The number of nitriles is 1. The molecule has 29 nitrogen and oxygen atoms in total. The van der Waals surface area contributed by atoms with E-state index in [1.807, 2.05) is 86.4 Å². The molecule has 15 aromatic rings. The third-order valence-electron chi connectivity index (χ3n) is 24.3. The standard InChI is InChI=1S/C22H28N4O3.C22H26N4O2.C22H27N3O3.C21H26BrN3O2.C21H27N3O2/c1-13(2)18-8-7-17(22(24-18)29-6)20-14(3)9-19-21(25-20)16(10-23-27)11-26(19)15(4)12-28-5;1-13(2)18-8-7-17(22(24-18)28-6)20-14(3)9-19-21(25-20)16(10-23)11-26(19)15(4)12-27-5;1-13(2)18-8-7-17(22(23-18)28-6)20-14(3)9-19-21(24-20)16(11-26)10-25(19)15(4)12-27-5;1-12(2)17-8-7-15(21(23-17)27-6)19-13(3)9-18-20(24-19)16(22)10-25(18)14(4)11-26-5;1-13(2)17-8-7-16(21(23-17)26-6)20-14(3)11-19-18(22-20)9-10-24(19)15(4)12-25-5/h7-11,13,15,27H,12H2,1-6H3;7-9,11,13,15H,12H2,1-6H3;7-11,13,15H,12H2,1-6H3;7-10,12,14H,11H2,1-6H3;7-11,13,15H,12H2,1-6H3/b23-10-;;;;/t3*15-;14-;15-/m00000/s1. The minimum Gasteiger partial charge on any atom is -0.480 e. The molecule has 15 aromatic heterocycles. The molecule has 1 N–H and O–H groups in total. The lowest BCUT2D eigenvalue weighted by Crippen LogP contribution is -2.10. The van der Waals surface area contributed by atoms with E-state index in [2.05, 4.69) is 255 Å². The number of rotatable bonds is 32. The second kappa shape index (κ2) is 47.4. The number of fused-ring (bicyclic) bond motifs is 5. The van der Waals surface area contributed by atoms with Crippen LogP contribution in [0.2, 0.25) is 0 Å². The van der Waals surface area contributed by atoms with Gasteiger partial charge in [0.05, 0.1) is 221 Å². The van der Waals surface area contributed by atoms with Crippen molar-refractivity contribution < 1.29 is 57.4 Å². The van der Waals surface area contributed by atoms with Crippen molar-refractivity contribution in [3.63, 3.8) is 0 Å². The van der Waals surface area contributed by atoms with Gasteiger partial charge in [-0.1, -0.05) is 74.4 Å². The molecule has 15 rings (SSSR count). The smallest absolute Gasteiger partial charge is 0.222 e. The molecule has 15 heterocycles. The van der Waals surface area contributed by atoms with Gasteiger partial charge in [-0.25, -0.2) is 49.8 Å². The van der Waals surface area contributed by atoms with Gasteiger partial charge in [0.15, 0.2) is 6.29 Å². The highest BCUT2D eigenvalue weighted by Gasteiger charge is 2.28. The van der Waals surface area contributed by atoms with Crippen molar-refractivity contribution in [2.24, 2.45) is 5.16 Å². The molecule has 30 heteroatoms. The van der Waals surface area contributed by atoms with Crippen molar-refractivity contribution in [2.75, 3.05) is 104 Å². The molecular weight excluding hydrogens is 1810 g/mol. The second-order valence-electron chi connectivity index (χ2n) is 36.4. The molecule has 0 saturated carbocycles. The summed E-state index contributed by atoms with van der Waals surface area (Å²) in [6.45, 7) is 44.7. The van der Waals surface area contributed by atoms with Crippen LogP contribution in [0, 0.1) is 45.9 Å². The number of methoxy groups -OCH3 is 10. The number of oxime groups is 1. The number of hydrogen-bond acceptors (Lipinski definition) is 24. The molecule has 730 valence electrons. The Morgan fingerprint density at radius 3 is 0.920 bits per heavy atom. The number of aryl methyl sites for hydroxylation is 5. The summed E-state index contributed by atoms with van der Waals surface area (Å²) in [7, 11) is 16.6. The number of halogens is 1. The Hall–Kier alpha value is -12.9. The third kappa shape index (κ3) is 23.2. The van der Waals surface area contributed by atoms with Crippen LogP contribution in [-0.2, 0) is 23.7 Å². The topological polar surface area (TPSA) is 319 Å². The van der Waals surface area contributed by atoms with Gasteiger partial charge in [-0.3, -0.25) is 4.79 Å². The molecule has 0 aromatic carbocycles. The van der Waals surface area contributed by atoms with Crippen molar-refractivity contribution in [3.05, 3.63) is 205 Å². The maximum atomic E-state index is 11.7. The van der Waals surface area contributed by atoms with Gasteiger partial charge in [-0.15, -0.1) is 0 Å². The molecule has 0 aliphatic carbocycles. The van der Waals surface area contributed by atoms with Crippen molar-refractivity contribution in [1.29, 1.82) is 5.26 Å². The van der Waals surface area contributed by atoms with Gasteiger partial charge in [0.2, 0.25) is 29.4 Å². The molecule has 0 aliphatic heterocycles. The van der Waals surface area contributed by atoms with Crippen LogP contribution < -0.4 is 23.7 Å². The predicted octanol–water partition coefficient (Wildman–Crippen LogP) is 24.0. The first-order valence-electron chi connectivity index (χ1n) is 46.5. The molecule has 0 unspecified atom stereocenters. The average Bonchev–Trinajstić information content (AvgIpc) is 1.61. The van der Waals surface area contributed by atoms with Crippen LogP contribution >= 0.6 is 15.9 Å². The van der Waals surface area contributed by atoms with Crippen LogP contribution in [0.5, 0.6) is 29.4 Å². The summed E-state index contributed by atoms with van der Waals surface area (Å²) < 4.78 is 65.9. The number of aromatic nitrogens is 15. The number of ether oxygens (including phenoxy) is 10. The zero-order valence-electron chi connectivity index (χ0n) is 85.5. The van der Waals surface area contributed by atoms with E-state index in [0.717, 1.165) is 173 Å². The lowest BCUT2D eigenvalue weighted by Gasteiger charge is -2.16. The number of hydrogen-bond donors (Lipinski definition) is 1. The van der Waals surface area contributed by atoms with Gasteiger partial charge in [-0.05, 0) is 240 Å². The maximum Gasteiger partial charge on any atom is 0.222 e. The first-order chi connectivity index (χ1) is 66.0. The van der Waals surface area contributed by atoms with Crippen molar-refractivity contribution in [3.8, 4) is 91.8 Å². The van der Waals surface area contributed by atoms with E-state index in [4.69, 9.17) is 77.5 Å². The fourth-order valence-electron chi connectivity index (χ4n) is 16.9. The quantitative estimate of drug-likeness (QED) is 0.0177. The van der Waals surface area contributed by atoms with Gasteiger partial charge in [0.25, 0.3) is 0 Å². The Kier molecular flexibility index (Phi) is 36.3. The molecular formula is C108H134BrN17O12. The van der Waals surface area contributed by atoms with Crippen molar-refractivity contribution in [2.45, 2.75) is 198 Å². The summed E-state index contributed by atoms with van der Waals surface area (Å²) in [5, 5.41) is 21.9. The molecule has 0 spiro atoms. The predicted molar refractivity (Wildman–Crippen MR) is 552 cm³/mol. The number of carbonyl (C=O) groups excluding carboxylic acids is 1. The first kappa shape index (κ1) is 106. The summed E-state index contributed by atoms with van der Waals surface area (Å²) in [6, 6.07) is 35.9. The largest absolute Gasteiger partial charge is 0.480 e. The van der Waals surface area contributed by atoms with Crippen LogP contribution in [-0.4, -0.2) is 195 Å². The number of carbonyl (C=O) groups is 1. The summed E-state index contributed by atoms with van der Waals surface area (Å²) in [6.07, 6.45) is 12.0. The zero-order chi connectivity index (χ0) is 101. The SMILES string of the molecule is COC[C@H](C)n1cc(/C=N\O)c2nc(-c3ccc(C(C)C)nc3OC)c(C)cc21.COC[C@H](C)n1cc(Br)c2nc(-c3ccc(C(C)C)nc3OC)c(C)cc21.COC[C@H](C)n1cc(C#N)c2nc(-c3ccc(C(C)C)nc3OC)c(C)cc21.COC[C@H](C)n1cc(C=O)c2nc(-c3ccc(C(C)C)nc3OC)c(C)cc21.COC[C@H](C)n1ccc2nc(-c3ccc(C(C)C)nc3OC)c(C)cc21. The lowest BCUT2D eigenvalue weighted by atomic mass is 10.0. The van der Waals surface area contributed by atoms with E-state index in [0.29, 0.717) is 114 Å². The highest BCUT2D eigenvalue weighted by atomic mass is 79.9. The molecule has 138 heavy (non-hydrogen) atoms. The Balaban J connectivity index is 0.000000165. The van der Waals surface area contributed by atoms with Crippen LogP contribution in [0.1, 0.15) is 241 Å².